The normalized spacial score (nSPS) is 11.9. The second kappa shape index (κ2) is 13.1. The Morgan fingerprint density at radius 2 is 0.967 bits per heavy atom. The fourth-order valence-corrected chi connectivity index (χ4v) is 9.58. The molecule has 0 saturated carbocycles. The molecule has 0 saturated heterocycles. The molecular formula is C56H34N4O. The molecule has 284 valence electrons. The molecule has 9 aromatic carbocycles. The predicted molar refractivity (Wildman–Crippen MR) is 252 cm³/mol. The van der Waals surface area contributed by atoms with E-state index in [1.165, 1.54) is 5.56 Å². The van der Waals surface area contributed by atoms with Crippen LogP contribution in [-0.2, 0) is 0 Å². The molecule has 61 heavy (non-hydrogen) atoms. The molecule has 13 aromatic rings. The molecule has 4 aromatic heterocycles. The van der Waals surface area contributed by atoms with E-state index in [9.17, 15) is 0 Å². The molecule has 0 aliphatic rings. The van der Waals surface area contributed by atoms with E-state index in [2.05, 4.69) is 209 Å². The number of hydrogen-bond donors (Lipinski definition) is 0. The van der Waals surface area contributed by atoms with Gasteiger partial charge >= 0.3 is 0 Å². The van der Waals surface area contributed by atoms with Crippen LogP contribution in [0.2, 0.25) is 0 Å². The second-order valence-corrected chi connectivity index (χ2v) is 15.7. The topological polar surface area (TPSA) is 48.8 Å². The monoisotopic (exact) mass is 778 g/mol. The van der Waals surface area contributed by atoms with Gasteiger partial charge in [-0.05, 0) is 64.7 Å². The van der Waals surface area contributed by atoms with E-state index in [1.54, 1.807) is 0 Å². The Balaban J connectivity index is 1.16. The van der Waals surface area contributed by atoms with Crippen molar-refractivity contribution in [3.8, 4) is 45.1 Å². The quantitative estimate of drug-likeness (QED) is 0.175. The van der Waals surface area contributed by atoms with Crippen LogP contribution in [0.25, 0.3) is 122 Å². The van der Waals surface area contributed by atoms with E-state index in [-0.39, 0.29) is 0 Å². The Bertz CT molecular complexity index is 3860. The van der Waals surface area contributed by atoms with Crippen molar-refractivity contribution in [3.05, 3.63) is 206 Å². The van der Waals surface area contributed by atoms with Crippen molar-refractivity contribution in [1.29, 1.82) is 0 Å². The molecule has 0 amide bonds. The first kappa shape index (κ1) is 33.7. The molecular weight excluding hydrogens is 745 g/mol. The summed E-state index contributed by atoms with van der Waals surface area (Å²) in [7, 11) is 0. The number of nitrogens with zero attached hydrogens (tertiary/aromatic N) is 4. The third kappa shape index (κ3) is 5.08. The van der Waals surface area contributed by atoms with Crippen LogP contribution in [0.4, 0.5) is 0 Å². The minimum Gasteiger partial charge on any atom is -0.455 e. The van der Waals surface area contributed by atoms with Gasteiger partial charge in [0, 0.05) is 43.6 Å². The zero-order valence-electron chi connectivity index (χ0n) is 32.8. The summed E-state index contributed by atoms with van der Waals surface area (Å²) in [5, 5.41) is 7.64. The van der Waals surface area contributed by atoms with Crippen LogP contribution < -0.4 is 0 Å². The molecule has 0 aliphatic heterocycles. The molecule has 0 atom stereocenters. The average molecular weight is 779 g/mol. The lowest BCUT2D eigenvalue weighted by Gasteiger charge is -2.14. The summed E-state index contributed by atoms with van der Waals surface area (Å²) < 4.78 is 11.5. The minimum atomic E-state index is 0.614. The van der Waals surface area contributed by atoms with Gasteiger partial charge in [0.05, 0.1) is 38.7 Å². The van der Waals surface area contributed by atoms with Crippen LogP contribution in [0.3, 0.4) is 0 Å². The average Bonchev–Trinajstić information content (AvgIpc) is 4.00. The maximum absolute atomic E-state index is 6.81. The van der Waals surface area contributed by atoms with Crippen molar-refractivity contribution < 1.29 is 4.42 Å². The highest BCUT2D eigenvalue weighted by atomic mass is 16.3. The van der Waals surface area contributed by atoms with Crippen molar-refractivity contribution in [2.24, 2.45) is 0 Å². The molecule has 5 heteroatoms. The summed E-state index contributed by atoms with van der Waals surface area (Å²) in [6, 6.07) is 73.0. The molecule has 5 nitrogen and oxygen atoms in total. The second-order valence-electron chi connectivity index (χ2n) is 15.7. The number of benzene rings is 9. The fourth-order valence-electron chi connectivity index (χ4n) is 9.58. The lowest BCUT2D eigenvalue weighted by molar-refractivity contribution is 0.673. The molecule has 0 fully saturated rings. The molecule has 4 heterocycles. The highest BCUT2D eigenvalue weighted by Gasteiger charge is 2.25. The number of aromatic nitrogens is 4. The highest BCUT2D eigenvalue weighted by Crippen LogP contribution is 2.45. The van der Waals surface area contributed by atoms with Crippen LogP contribution in [0.1, 0.15) is 0 Å². The predicted octanol–water partition coefficient (Wildman–Crippen LogP) is 14.7. The van der Waals surface area contributed by atoms with E-state index < -0.39 is 0 Å². The van der Waals surface area contributed by atoms with Crippen molar-refractivity contribution in [1.82, 2.24) is 19.1 Å². The Labute approximate surface area is 350 Å². The molecule has 0 unspecified atom stereocenters. The van der Waals surface area contributed by atoms with Crippen molar-refractivity contribution >= 4 is 76.5 Å². The fraction of sp³-hybridized carbons (Fsp3) is 0. The van der Waals surface area contributed by atoms with Crippen LogP contribution >= 0.6 is 0 Å². The van der Waals surface area contributed by atoms with Gasteiger partial charge in [0.15, 0.2) is 0 Å². The van der Waals surface area contributed by atoms with Gasteiger partial charge in [-0.15, -0.1) is 0 Å². The van der Waals surface area contributed by atoms with Gasteiger partial charge in [-0.25, -0.2) is 9.97 Å². The van der Waals surface area contributed by atoms with E-state index in [0.717, 1.165) is 110 Å². The molecule has 0 bridgehead atoms. The van der Waals surface area contributed by atoms with Gasteiger partial charge < -0.3 is 8.98 Å². The molecule has 0 spiro atoms. The number of furan rings is 1. The first-order chi connectivity index (χ1) is 30.3. The maximum atomic E-state index is 6.81. The van der Waals surface area contributed by atoms with Gasteiger partial charge in [0.1, 0.15) is 11.2 Å². The first-order valence-corrected chi connectivity index (χ1v) is 20.7. The van der Waals surface area contributed by atoms with Crippen LogP contribution in [-0.4, -0.2) is 19.1 Å². The van der Waals surface area contributed by atoms with Gasteiger partial charge in [-0.3, -0.25) is 4.57 Å². The van der Waals surface area contributed by atoms with Crippen molar-refractivity contribution in [2.45, 2.75) is 0 Å². The maximum Gasteiger partial charge on any atom is 0.235 e. The number of para-hydroxylation sites is 3. The van der Waals surface area contributed by atoms with Gasteiger partial charge in [-0.2, -0.15) is 0 Å². The smallest absolute Gasteiger partial charge is 0.235 e. The summed E-state index contributed by atoms with van der Waals surface area (Å²) in [5.41, 5.74) is 14.5. The van der Waals surface area contributed by atoms with Gasteiger partial charge in [0.2, 0.25) is 5.95 Å². The Hall–Kier alpha value is -8.28. The molecule has 0 N–H and O–H groups in total. The van der Waals surface area contributed by atoms with Gasteiger partial charge in [-0.1, -0.05) is 164 Å². The van der Waals surface area contributed by atoms with E-state index in [4.69, 9.17) is 14.4 Å². The van der Waals surface area contributed by atoms with Crippen molar-refractivity contribution in [3.63, 3.8) is 0 Å². The SMILES string of the molecule is c1ccc(-c2ccc(-c3nc(-n4c5ccccc5c5ccc6c7c8oc9ccccc9c8ccc7n(-c7cccc(-c8ccccc8)c7)c6c54)nc4ccccc34)cc2)cc1. The Morgan fingerprint density at radius 3 is 1.79 bits per heavy atom. The molecule has 0 radical (unpaired) electrons. The lowest BCUT2D eigenvalue weighted by atomic mass is 10.0. The van der Waals surface area contributed by atoms with Crippen LogP contribution in [0.15, 0.2) is 211 Å². The first-order valence-electron chi connectivity index (χ1n) is 20.7. The summed E-state index contributed by atoms with van der Waals surface area (Å²) in [5.74, 6) is 0.614. The number of fused-ring (bicyclic) bond motifs is 12. The zero-order chi connectivity index (χ0) is 40.0. The summed E-state index contributed by atoms with van der Waals surface area (Å²) in [6.07, 6.45) is 0. The standard InChI is InChI=1S/C56H34N4O/c1-3-14-35(15-4-1)37-26-28-38(29-27-37)52-45-22-7-10-23-47(45)57-56(58-52)60-48-24-11-8-20-41(48)43-30-31-46-51-49(33-32-44-42-21-9-12-25-50(42)61-55(44)51)59(54(46)53(43)60)40-19-13-18-39(34-40)36-16-5-2-6-17-36/h1-34H. The Morgan fingerprint density at radius 1 is 0.361 bits per heavy atom. The van der Waals surface area contributed by atoms with Crippen molar-refractivity contribution in [2.75, 3.05) is 0 Å². The van der Waals surface area contributed by atoms with Gasteiger partial charge in [0.25, 0.3) is 0 Å². The minimum absolute atomic E-state index is 0.614. The van der Waals surface area contributed by atoms with Crippen LogP contribution in [0.5, 0.6) is 0 Å². The lowest BCUT2D eigenvalue weighted by Crippen LogP contribution is -2.05. The van der Waals surface area contributed by atoms with E-state index >= 15 is 0 Å². The molecule has 13 rings (SSSR count). The third-order valence-corrected chi connectivity index (χ3v) is 12.3. The largest absolute Gasteiger partial charge is 0.455 e. The van der Waals surface area contributed by atoms with Crippen LogP contribution in [0, 0.1) is 0 Å². The van der Waals surface area contributed by atoms with E-state index in [0.29, 0.717) is 5.95 Å². The number of rotatable bonds is 5. The number of hydrogen-bond acceptors (Lipinski definition) is 3. The summed E-state index contributed by atoms with van der Waals surface area (Å²) in [4.78, 5) is 10.9. The highest BCUT2D eigenvalue weighted by molar-refractivity contribution is 6.29. The zero-order valence-corrected chi connectivity index (χ0v) is 32.8. The third-order valence-electron chi connectivity index (χ3n) is 12.3. The molecule has 0 aliphatic carbocycles. The van der Waals surface area contributed by atoms with E-state index in [1.807, 2.05) is 6.07 Å². The summed E-state index contributed by atoms with van der Waals surface area (Å²) in [6.45, 7) is 0. The summed E-state index contributed by atoms with van der Waals surface area (Å²) >= 11 is 0. The Kier molecular flexibility index (Phi) is 7.24.